The Morgan fingerprint density at radius 3 is 2.35 bits per heavy atom. The molecular weight excluding hydrogens is 684 g/mol. The summed E-state index contributed by atoms with van der Waals surface area (Å²) in [6.45, 7) is 3.71. The monoisotopic (exact) mass is 706 g/mol. The van der Waals surface area contributed by atoms with Gasteiger partial charge in [0.25, 0.3) is 5.91 Å². The van der Waals surface area contributed by atoms with Crippen molar-refractivity contribution in [3.05, 3.63) is 92.8 Å². The molecule has 0 unspecified atom stereocenters. The zero-order valence-corrected chi connectivity index (χ0v) is 24.5. The average Bonchev–Trinajstić information content (AvgIpc) is 2.93. The van der Waals surface area contributed by atoms with Crippen molar-refractivity contribution in [2.24, 2.45) is 0 Å². The van der Waals surface area contributed by atoms with Gasteiger partial charge in [0.15, 0.2) is 11.6 Å². The van der Waals surface area contributed by atoms with Gasteiger partial charge < -0.3 is 10.2 Å². The normalized spacial score (nSPS) is 14.2. The molecule has 14 heteroatoms. The van der Waals surface area contributed by atoms with Gasteiger partial charge in [-0.2, -0.15) is 4.31 Å². The first-order valence-corrected chi connectivity index (χ1v) is 14.7. The van der Waals surface area contributed by atoms with Gasteiger partial charge in [-0.3, -0.25) is 9.63 Å². The lowest BCUT2D eigenvalue weighted by atomic mass is 10.1. The van der Waals surface area contributed by atoms with Crippen LogP contribution in [0, 0.1) is 21.0 Å². The lowest BCUT2D eigenvalue weighted by Gasteiger charge is -2.35. The lowest BCUT2D eigenvalue weighted by molar-refractivity contribution is 0.0422. The molecule has 1 heterocycles. The predicted octanol–water partition coefficient (Wildman–Crippen LogP) is 5.46. The van der Waals surface area contributed by atoms with Crippen molar-refractivity contribution in [2.75, 3.05) is 43.0 Å². The highest BCUT2D eigenvalue weighted by Crippen LogP contribution is 2.35. The summed E-state index contributed by atoms with van der Waals surface area (Å²) in [6.07, 6.45) is 1.34. The Morgan fingerprint density at radius 1 is 1.05 bits per heavy atom. The summed E-state index contributed by atoms with van der Waals surface area (Å²) in [5.41, 5.74) is 1.77. The van der Waals surface area contributed by atoms with Gasteiger partial charge in [0.1, 0.15) is 10.7 Å². The molecule has 0 radical (unpaired) electrons. The van der Waals surface area contributed by atoms with Crippen molar-refractivity contribution < 1.29 is 31.2 Å². The topological polar surface area (TPSA) is 91.0 Å². The zero-order valence-electron chi connectivity index (χ0n) is 20.8. The summed E-state index contributed by atoms with van der Waals surface area (Å²) < 4.78 is 73.0. The summed E-state index contributed by atoms with van der Waals surface area (Å²) in [5.74, 6) is -4.68. The lowest BCUT2D eigenvalue weighted by Crippen LogP contribution is -2.48. The number of hydrogen-bond acceptors (Lipinski definition) is 6. The maximum Gasteiger partial charge on any atom is 0.277 e. The van der Waals surface area contributed by atoms with Crippen LogP contribution >= 0.6 is 34.2 Å². The highest BCUT2D eigenvalue weighted by atomic mass is 127. The molecular formula is C26H23ClF3IN4O4S. The Morgan fingerprint density at radius 2 is 1.73 bits per heavy atom. The van der Waals surface area contributed by atoms with Crippen LogP contribution in [0.3, 0.4) is 0 Å². The fourth-order valence-electron chi connectivity index (χ4n) is 4.02. The first-order chi connectivity index (χ1) is 19.0. The Labute approximate surface area is 247 Å². The van der Waals surface area contributed by atoms with E-state index < -0.39 is 49.5 Å². The second-order valence-electron chi connectivity index (χ2n) is 8.57. The number of carbonyl (C=O) groups excluding carboxylic acids is 1. The molecule has 40 heavy (non-hydrogen) atoms. The minimum absolute atomic E-state index is 0.0526. The van der Waals surface area contributed by atoms with Crippen LogP contribution in [0.25, 0.3) is 0 Å². The average molecular weight is 707 g/mol. The summed E-state index contributed by atoms with van der Waals surface area (Å²) in [5, 5.41) is 2.77. The number of rotatable bonds is 9. The molecule has 3 aromatic rings. The summed E-state index contributed by atoms with van der Waals surface area (Å²) in [6, 6.07) is 11.2. The molecule has 0 atom stereocenters. The van der Waals surface area contributed by atoms with E-state index >= 15 is 8.78 Å². The molecule has 1 amide bonds. The number of carbonyl (C=O) groups is 1. The van der Waals surface area contributed by atoms with Crippen molar-refractivity contribution in [3.8, 4) is 0 Å². The van der Waals surface area contributed by atoms with E-state index in [1.165, 1.54) is 24.3 Å². The molecule has 212 valence electrons. The van der Waals surface area contributed by atoms with Crippen molar-refractivity contribution in [1.82, 2.24) is 9.79 Å². The first-order valence-electron chi connectivity index (χ1n) is 11.8. The minimum Gasteiger partial charge on any atom is -0.369 e. The molecule has 8 nitrogen and oxygen atoms in total. The number of piperazine rings is 1. The van der Waals surface area contributed by atoms with E-state index in [0.717, 1.165) is 13.9 Å². The standard InChI is InChI=1S/C26H23ClF3IN4O4S/c1-2-13-39-33-26(36)19-15-22(23(29)24(30)25(19)32-21-8-5-17(31)14-20(21)27)40(37,38)35-11-9-34(10-12-35)18-6-3-16(28)4-7-18/h2-8,14-15,32H,1,9-13H2,(H,33,36). The van der Waals surface area contributed by atoms with Gasteiger partial charge >= 0.3 is 0 Å². The minimum atomic E-state index is -4.57. The van der Waals surface area contributed by atoms with Gasteiger partial charge in [-0.1, -0.05) is 17.7 Å². The number of hydroxylamine groups is 1. The van der Waals surface area contributed by atoms with E-state index in [2.05, 4.69) is 17.4 Å². The van der Waals surface area contributed by atoms with Crippen LogP contribution in [-0.4, -0.2) is 51.4 Å². The molecule has 1 fully saturated rings. The van der Waals surface area contributed by atoms with E-state index in [1.807, 2.05) is 27.5 Å². The van der Waals surface area contributed by atoms with Gasteiger partial charge in [-0.25, -0.2) is 27.1 Å². The zero-order chi connectivity index (χ0) is 29.0. The molecule has 0 saturated carbocycles. The number of hydrogen-bond donors (Lipinski definition) is 2. The molecule has 3 aromatic carbocycles. The molecule has 0 spiro atoms. The maximum absolute atomic E-state index is 15.5. The van der Waals surface area contributed by atoms with Crippen LogP contribution in [0.15, 0.2) is 66.1 Å². The van der Waals surface area contributed by atoms with E-state index in [-0.39, 0.29) is 43.5 Å². The molecule has 0 aromatic heterocycles. The summed E-state index contributed by atoms with van der Waals surface area (Å²) >= 11 is 8.25. The number of amides is 1. The highest BCUT2D eigenvalue weighted by Gasteiger charge is 2.35. The van der Waals surface area contributed by atoms with Crippen LogP contribution in [0.4, 0.5) is 30.2 Å². The van der Waals surface area contributed by atoms with E-state index in [0.29, 0.717) is 5.69 Å². The van der Waals surface area contributed by atoms with Gasteiger partial charge in [0.05, 0.1) is 28.6 Å². The second-order valence-corrected chi connectivity index (χ2v) is 12.1. The molecule has 0 bridgehead atoms. The fraction of sp³-hybridized carbons (Fsp3) is 0.192. The van der Waals surface area contributed by atoms with Crippen molar-refractivity contribution in [3.63, 3.8) is 0 Å². The van der Waals surface area contributed by atoms with Gasteiger partial charge in [0.2, 0.25) is 10.0 Å². The quantitative estimate of drug-likeness (QED) is 0.133. The number of benzene rings is 3. The maximum atomic E-state index is 15.5. The smallest absolute Gasteiger partial charge is 0.277 e. The molecule has 1 aliphatic rings. The van der Waals surface area contributed by atoms with Crippen molar-refractivity contribution in [2.45, 2.75) is 4.90 Å². The van der Waals surface area contributed by atoms with Crippen LogP contribution in [0.2, 0.25) is 5.02 Å². The molecule has 1 aliphatic heterocycles. The molecule has 1 saturated heterocycles. The Hall–Kier alpha value is -2.85. The van der Waals surface area contributed by atoms with E-state index in [4.69, 9.17) is 16.4 Å². The summed E-state index contributed by atoms with van der Waals surface area (Å²) in [4.78, 5) is 18.7. The number of halogens is 5. The SMILES string of the molecule is C=CCONC(=O)c1cc(S(=O)(=O)N2CCN(c3ccc(F)cc3)CC2)c(F)c(F)c1Nc1ccc(I)cc1Cl. The van der Waals surface area contributed by atoms with Gasteiger partial charge in [-0.15, -0.1) is 6.58 Å². The van der Waals surface area contributed by atoms with Crippen LogP contribution in [0.5, 0.6) is 0 Å². The van der Waals surface area contributed by atoms with Crippen molar-refractivity contribution in [1.29, 1.82) is 0 Å². The number of nitrogens with one attached hydrogen (secondary N) is 2. The third-order valence-electron chi connectivity index (χ3n) is 6.02. The first kappa shape index (κ1) is 30.1. The Bertz CT molecular complexity index is 1540. The number of sulfonamides is 1. The van der Waals surface area contributed by atoms with Gasteiger partial charge in [-0.05, 0) is 71.1 Å². The number of anilines is 3. The summed E-state index contributed by atoms with van der Waals surface area (Å²) in [7, 11) is -4.57. The molecule has 0 aliphatic carbocycles. The largest absolute Gasteiger partial charge is 0.369 e. The predicted molar refractivity (Wildman–Crippen MR) is 155 cm³/mol. The van der Waals surface area contributed by atoms with E-state index in [1.54, 1.807) is 24.3 Å². The van der Waals surface area contributed by atoms with Crippen LogP contribution in [0.1, 0.15) is 10.4 Å². The van der Waals surface area contributed by atoms with Gasteiger partial charge in [0, 0.05) is 35.4 Å². The van der Waals surface area contributed by atoms with E-state index in [9.17, 15) is 17.6 Å². The second kappa shape index (κ2) is 12.8. The Balaban J connectivity index is 1.68. The Kier molecular flexibility index (Phi) is 9.61. The molecule has 2 N–H and O–H groups in total. The third-order valence-corrected chi connectivity index (χ3v) is 8.90. The fourth-order valence-corrected chi connectivity index (χ4v) is 6.42. The number of nitrogens with zero attached hydrogens (tertiary/aromatic N) is 2. The van der Waals surface area contributed by atoms with Crippen LogP contribution in [-0.2, 0) is 14.9 Å². The van der Waals surface area contributed by atoms with Crippen molar-refractivity contribution >= 4 is 67.2 Å². The highest BCUT2D eigenvalue weighted by molar-refractivity contribution is 14.1. The third kappa shape index (κ3) is 6.54. The van der Waals surface area contributed by atoms with Crippen LogP contribution < -0.4 is 15.7 Å². The molecule has 4 rings (SSSR count).